The maximum Gasteiger partial charge on any atom is 0.139 e. The summed E-state index contributed by atoms with van der Waals surface area (Å²) in [7, 11) is 3.41. The standard InChI is InChI=1S/C20H23ClN6OS/c1-27(23)20(26-22)11-3-5-13-16(9-11)25-19(14-7-8-29-18(13)14)24-12-4-6-17(28-2)15(21)10-12/h3,5,7-10,20,26H,4,6,22-23H2,1-2H3,(H,24,25). The third kappa shape index (κ3) is 3.83. The van der Waals surface area contributed by atoms with Crippen LogP contribution in [0.4, 0.5) is 5.82 Å². The van der Waals surface area contributed by atoms with Crippen molar-refractivity contribution < 1.29 is 4.74 Å². The number of methoxy groups -OCH3 is 1. The molecule has 1 aromatic carbocycles. The molecule has 0 saturated heterocycles. The van der Waals surface area contributed by atoms with Crippen LogP contribution in [0.1, 0.15) is 24.6 Å². The maximum atomic E-state index is 6.32. The van der Waals surface area contributed by atoms with Gasteiger partial charge in [-0.2, -0.15) is 0 Å². The number of thiophene rings is 1. The molecule has 0 spiro atoms. The number of nitrogens with zero attached hydrogens (tertiary/aromatic N) is 2. The van der Waals surface area contributed by atoms with E-state index in [0.717, 1.165) is 52.0 Å². The Bertz CT molecular complexity index is 1120. The van der Waals surface area contributed by atoms with Crippen molar-refractivity contribution in [3.05, 3.63) is 57.8 Å². The predicted molar refractivity (Wildman–Crippen MR) is 120 cm³/mol. The fourth-order valence-electron chi connectivity index (χ4n) is 3.56. The number of aromatic nitrogens is 1. The van der Waals surface area contributed by atoms with E-state index in [1.54, 1.807) is 25.5 Å². The zero-order valence-electron chi connectivity index (χ0n) is 16.2. The van der Waals surface area contributed by atoms with Gasteiger partial charge in [-0.3, -0.25) is 11.7 Å². The van der Waals surface area contributed by atoms with E-state index in [1.807, 2.05) is 18.2 Å². The Morgan fingerprint density at radius 3 is 2.79 bits per heavy atom. The average molecular weight is 431 g/mol. The lowest BCUT2D eigenvalue weighted by Crippen LogP contribution is -2.43. The number of hydrazine groups is 2. The van der Waals surface area contributed by atoms with E-state index in [0.29, 0.717) is 5.03 Å². The van der Waals surface area contributed by atoms with Crippen LogP contribution in [0.15, 0.2) is 52.2 Å². The molecule has 0 aliphatic heterocycles. The number of hydrogen-bond acceptors (Lipinski definition) is 8. The third-order valence-electron chi connectivity index (χ3n) is 5.01. The summed E-state index contributed by atoms with van der Waals surface area (Å²) < 4.78 is 6.49. The smallest absolute Gasteiger partial charge is 0.139 e. The van der Waals surface area contributed by atoms with Gasteiger partial charge in [0.2, 0.25) is 0 Å². The Morgan fingerprint density at radius 1 is 1.28 bits per heavy atom. The zero-order chi connectivity index (χ0) is 20.5. The van der Waals surface area contributed by atoms with Crippen LogP contribution in [0.5, 0.6) is 0 Å². The number of allylic oxidation sites excluding steroid dienone is 4. The van der Waals surface area contributed by atoms with E-state index in [1.165, 1.54) is 9.71 Å². The molecule has 1 aliphatic carbocycles. The molecule has 2 aromatic heterocycles. The highest BCUT2D eigenvalue weighted by atomic mass is 35.5. The Balaban J connectivity index is 1.79. The summed E-state index contributed by atoms with van der Waals surface area (Å²) in [6, 6.07) is 8.18. The molecule has 0 amide bonds. The van der Waals surface area contributed by atoms with Crippen LogP contribution < -0.4 is 22.4 Å². The number of benzene rings is 1. The molecule has 2 heterocycles. The van der Waals surface area contributed by atoms with Gasteiger partial charge in [0.25, 0.3) is 0 Å². The van der Waals surface area contributed by atoms with Crippen LogP contribution >= 0.6 is 22.9 Å². The van der Waals surface area contributed by atoms with Crippen LogP contribution in [-0.2, 0) is 4.74 Å². The number of hydrogen-bond donors (Lipinski definition) is 4. The van der Waals surface area contributed by atoms with E-state index >= 15 is 0 Å². The van der Waals surface area contributed by atoms with Crippen molar-refractivity contribution in [2.45, 2.75) is 19.0 Å². The van der Waals surface area contributed by atoms with Crippen LogP contribution in [0.3, 0.4) is 0 Å². The first kappa shape index (κ1) is 20.1. The molecule has 4 rings (SSSR count). The number of rotatable bonds is 6. The van der Waals surface area contributed by atoms with E-state index in [2.05, 4.69) is 28.3 Å². The molecule has 1 atom stereocenters. The summed E-state index contributed by atoms with van der Waals surface area (Å²) in [5, 5.41) is 9.87. The number of fused-ring (bicyclic) bond motifs is 3. The van der Waals surface area contributed by atoms with E-state index in [4.69, 9.17) is 33.0 Å². The first-order valence-electron chi connectivity index (χ1n) is 9.16. The molecule has 7 nitrogen and oxygen atoms in total. The summed E-state index contributed by atoms with van der Waals surface area (Å²) in [6.07, 6.45) is 3.16. The summed E-state index contributed by atoms with van der Waals surface area (Å²) in [6.45, 7) is 0. The summed E-state index contributed by atoms with van der Waals surface area (Å²) in [4.78, 5) is 4.91. The van der Waals surface area contributed by atoms with Gasteiger partial charge in [-0.25, -0.2) is 15.4 Å². The Labute approximate surface area is 177 Å². The zero-order valence-corrected chi connectivity index (χ0v) is 17.8. The lowest BCUT2D eigenvalue weighted by atomic mass is 10.1. The summed E-state index contributed by atoms with van der Waals surface area (Å²) in [5.74, 6) is 13.2. The first-order valence-corrected chi connectivity index (χ1v) is 10.4. The number of nitrogens with two attached hydrogens (primary N) is 2. The van der Waals surface area contributed by atoms with Crippen LogP contribution in [0.2, 0.25) is 0 Å². The normalized spacial score (nSPS) is 15.9. The lowest BCUT2D eigenvalue weighted by Gasteiger charge is -2.23. The second kappa shape index (κ2) is 8.27. The van der Waals surface area contributed by atoms with Crippen molar-refractivity contribution in [3.8, 4) is 0 Å². The largest absolute Gasteiger partial charge is 0.500 e. The van der Waals surface area contributed by atoms with E-state index in [-0.39, 0.29) is 6.17 Å². The second-order valence-corrected chi connectivity index (χ2v) is 8.23. The van der Waals surface area contributed by atoms with E-state index in [9.17, 15) is 0 Å². The van der Waals surface area contributed by atoms with Gasteiger partial charge in [0, 0.05) is 34.6 Å². The van der Waals surface area contributed by atoms with Gasteiger partial charge < -0.3 is 10.1 Å². The summed E-state index contributed by atoms with van der Waals surface area (Å²) >= 11 is 8.02. The lowest BCUT2D eigenvalue weighted by molar-refractivity contribution is 0.213. The molecule has 0 fully saturated rings. The van der Waals surface area contributed by atoms with Crippen molar-refractivity contribution in [2.75, 3.05) is 19.5 Å². The van der Waals surface area contributed by atoms with Gasteiger partial charge in [-0.05, 0) is 35.6 Å². The highest BCUT2D eigenvalue weighted by Crippen LogP contribution is 2.36. The molecule has 9 heteroatoms. The van der Waals surface area contributed by atoms with Gasteiger partial charge in [-0.1, -0.05) is 23.7 Å². The van der Waals surface area contributed by atoms with Crippen molar-refractivity contribution in [1.29, 1.82) is 0 Å². The molecule has 6 N–H and O–H groups in total. The average Bonchev–Trinajstić information content (AvgIpc) is 3.19. The van der Waals surface area contributed by atoms with Gasteiger partial charge in [0.05, 0.1) is 17.7 Å². The minimum Gasteiger partial charge on any atom is -0.500 e. The Hall–Kier alpha value is -2.20. The molecule has 1 aliphatic rings. The third-order valence-corrected chi connectivity index (χ3v) is 6.28. The molecular weight excluding hydrogens is 408 g/mol. The SMILES string of the molecule is COC1=C(Cl)C=C(Nc2nc3cc(C(NN)N(C)N)ccc3c3sccc23)CC1. The maximum absolute atomic E-state index is 6.32. The van der Waals surface area contributed by atoms with Gasteiger partial charge in [0.15, 0.2) is 0 Å². The van der Waals surface area contributed by atoms with Gasteiger partial charge in [0.1, 0.15) is 17.7 Å². The fourth-order valence-corrected chi connectivity index (χ4v) is 4.79. The van der Waals surface area contributed by atoms with Crippen LogP contribution in [0.25, 0.3) is 21.0 Å². The van der Waals surface area contributed by atoms with Crippen molar-refractivity contribution in [2.24, 2.45) is 11.7 Å². The highest BCUT2D eigenvalue weighted by Gasteiger charge is 2.18. The predicted octanol–water partition coefficient (Wildman–Crippen LogP) is 3.90. The quantitative estimate of drug-likeness (QED) is 0.267. The summed E-state index contributed by atoms with van der Waals surface area (Å²) in [5.41, 5.74) is 5.55. The monoisotopic (exact) mass is 430 g/mol. The number of halogens is 1. The van der Waals surface area contributed by atoms with E-state index < -0.39 is 0 Å². The minimum atomic E-state index is -0.311. The number of nitrogens with one attached hydrogen (secondary N) is 2. The number of pyridine rings is 1. The van der Waals surface area contributed by atoms with Gasteiger partial charge >= 0.3 is 0 Å². The molecule has 29 heavy (non-hydrogen) atoms. The fraction of sp³-hybridized carbons (Fsp3) is 0.250. The van der Waals surface area contributed by atoms with Gasteiger partial charge in [-0.15, -0.1) is 11.3 Å². The molecule has 0 saturated carbocycles. The molecule has 152 valence electrons. The Kier molecular flexibility index (Phi) is 5.73. The van der Waals surface area contributed by atoms with Crippen LogP contribution in [0, 0.1) is 0 Å². The van der Waals surface area contributed by atoms with Crippen LogP contribution in [-0.4, -0.2) is 24.2 Å². The van der Waals surface area contributed by atoms with Crippen molar-refractivity contribution >= 4 is 49.7 Å². The molecule has 3 aromatic rings. The van der Waals surface area contributed by atoms with Crippen molar-refractivity contribution in [1.82, 2.24) is 15.4 Å². The highest BCUT2D eigenvalue weighted by molar-refractivity contribution is 7.18. The molecule has 1 unspecified atom stereocenters. The number of anilines is 1. The molecular formula is C20H23ClN6OS. The second-order valence-electron chi connectivity index (χ2n) is 6.90. The molecule has 0 bridgehead atoms. The first-order chi connectivity index (χ1) is 14.0. The van der Waals surface area contributed by atoms with Crippen molar-refractivity contribution in [3.63, 3.8) is 0 Å². The Morgan fingerprint density at radius 2 is 2.10 bits per heavy atom. The molecule has 0 radical (unpaired) electrons. The minimum absolute atomic E-state index is 0.311. The topological polar surface area (TPSA) is 101 Å². The number of ether oxygens (including phenoxy) is 1.